The van der Waals surface area contributed by atoms with E-state index in [1.54, 1.807) is 19.1 Å². The predicted molar refractivity (Wildman–Crippen MR) is 67.4 cm³/mol. The lowest BCUT2D eigenvalue weighted by Gasteiger charge is -2.21. The van der Waals surface area contributed by atoms with E-state index in [4.69, 9.17) is 9.52 Å². The molecule has 6 nitrogen and oxygen atoms in total. The van der Waals surface area contributed by atoms with Gasteiger partial charge in [-0.25, -0.2) is 0 Å². The van der Waals surface area contributed by atoms with Crippen LogP contribution in [-0.2, 0) is 15.2 Å². The van der Waals surface area contributed by atoms with Crippen molar-refractivity contribution in [1.82, 2.24) is 5.32 Å². The third-order valence-electron chi connectivity index (χ3n) is 2.73. The Labute approximate surface area is 111 Å². The molecule has 0 radical (unpaired) electrons. The molecule has 1 atom stereocenters. The minimum atomic E-state index is -1.25. The maximum absolute atomic E-state index is 11.5. The summed E-state index contributed by atoms with van der Waals surface area (Å²) in [5.74, 6) is -0.683. The fraction of sp³-hybridized carbons (Fsp3) is 0.538. The average Bonchev–Trinajstić information content (AvgIpc) is 2.86. The third kappa shape index (κ3) is 5.56. The number of rotatable bonds is 8. The number of amides is 1. The molecule has 0 aromatic carbocycles. The number of carboxylic acid groups (broad SMARTS) is 1. The number of aliphatic hydroxyl groups is 1. The van der Waals surface area contributed by atoms with Gasteiger partial charge in [-0.1, -0.05) is 0 Å². The second kappa shape index (κ2) is 6.94. The lowest BCUT2D eigenvalue weighted by molar-refractivity contribution is -0.137. The Kier molecular flexibility index (Phi) is 5.57. The summed E-state index contributed by atoms with van der Waals surface area (Å²) in [5.41, 5.74) is -1.25. The van der Waals surface area contributed by atoms with E-state index in [0.29, 0.717) is 18.6 Å². The summed E-state index contributed by atoms with van der Waals surface area (Å²) < 4.78 is 5.09. The van der Waals surface area contributed by atoms with Gasteiger partial charge in [-0.2, -0.15) is 0 Å². The lowest BCUT2D eigenvalue weighted by atomic mass is 10.0. The van der Waals surface area contributed by atoms with E-state index in [1.807, 2.05) is 0 Å². The van der Waals surface area contributed by atoms with Crippen molar-refractivity contribution in [3.8, 4) is 0 Å². The molecule has 6 heteroatoms. The fourth-order valence-electron chi connectivity index (χ4n) is 1.59. The molecule has 0 aliphatic carbocycles. The maximum atomic E-state index is 11.5. The first-order valence-corrected chi connectivity index (χ1v) is 6.16. The highest BCUT2D eigenvalue weighted by Crippen LogP contribution is 2.19. The molecule has 0 fully saturated rings. The summed E-state index contributed by atoms with van der Waals surface area (Å²) in [6.45, 7) is 1.61. The molecular weight excluding hydrogens is 250 g/mol. The van der Waals surface area contributed by atoms with Crippen molar-refractivity contribution >= 4 is 11.9 Å². The number of hydrogen-bond acceptors (Lipinski definition) is 4. The van der Waals surface area contributed by atoms with Crippen LogP contribution in [-0.4, -0.2) is 28.6 Å². The molecule has 0 spiro atoms. The van der Waals surface area contributed by atoms with E-state index in [-0.39, 0.29) is 25.3 Å². The van der Waals surface area contributed by atoms with Gasteiger partial charge in [0.25, 0.3) is 0 Å². The van der Waals surface area contributed by atoms with Gasteiger partial charge in [0, 0.05) is 12.8 Å². The highest BCUT2D eigenvalue weighted by molar-refractivity contribution is 5.76. The summed E-state index contributed by atoms with van der Waals surface area (Å²) >= 11 is 0. The molecule has 1 aromatic heterocycles. The van der Waals surface area contributed by atoms with E-state index in [1.165, 1.54) is 6.26 Å². The van der Waals surface area contributed by atoms with Gasteiger partial charge >= 0.3 is 5.97 Å². The van der Waals surface area contributed by atoms with Crippen molar-refractivity contribution in [2.45, 2.75) is 38.2 Å². The van der Waals surface area contributed by atoms with Crippen LogP contribution in [0.3, 0.4) is 0 Å². The van der Waals surface area contributed by atoms with Crippen molar-refractivity contribution in [3.63, 3.8) is 0 Å². The first-order chi connectivity index (χ1) is 8.92. The van der Waals surface area contributed by atoms with Crippen LogP contribution >= 0.6 is 0 Å². The zero-order valence-corrected chi connectivity index (χ0v) is 10.9. The first kappa shape index (κ1) is 15.2. The van der Waals surface area contributed by atoms with Crippen molar-refractivity contribution < 1.29 is 24.2 Å². The van der Waals surface area contributed by atoms with Crippen LogP contribution in [0.2, 0.25) is 0 Å². The molecule has 106 valence electrons. The van der Waals surface area contributed by atoms with Crippen LogP contribution in [0.25, 0.3) is 0 Å². The predicted octanol–water partition coefficient (Wildman–Crippen LogP) is 1.25. The second-order valence-corrected chi connectivity index (χ2v) is 4.63. The Morgan fingerprint density at radius 2 is 2.05 bits per heavy atom. The topological polar surface area (TPSA) is 99.8 Å². The largest absolute Gasteiger partial charge is 0.481 e. The number of carbonyl (C=O) groups excluding carboxylic acids is 1. The summed E-state index contributed by atoms with van der Waals surface area (Å²) in [4.78, 5) is 21.8. The van der Waals surface area contributed by atoms with Gasteiger partial charge in [-0.3, -0.25) is 9.59 Å². The fourth-order valence-corrected chi connectivity index (χ4v) is 1.59. The molecule has 0 bridgehead atoms. The molecule has 1 unspecified atom stereocenters. The SMILES string of the molecule is CC(O)(CNC(=O)CCCCC(=O)O)c1ccco1. The Morgan fingerprint density at radius 1 is 1.37 bits per heavy atom. The number of nitrogens with one attached hydrogen (secondary N) is 1. The number of carbonyl (C=O) groups is 2. The molecule has 3 N–H and O–H groups in total. The van der Waals surface area contributed by atoms with Gasteiger partial charge in [0.2, 0.25) is 5.91 Å². The number of furan rings is 1. The molecule has 1 amide bonds. The molecule has 0 aliphatic rings. The summed E-state index contributed by atoms with van der Waals surface area (Å²) in [5, 5.41) is 21.1. The Hall–Kier alpha value is -1.82. The zero-order valence-electron chi connectivity index (χ0n) is 10.9. The van der Waals surface area contributed by atoms with Crippen LogP contribution in [0.15, 0.2) is 22.8 Å². The van der Waals surface area contributed by atoms with Crippen LogP contribution in [0.4, 0.5) is 0 Å². The number of carboxylic acids is 1. The smallest absolute Gasteiger partial charge is 0.303 e. The van der Waals surface area contributed by atoms with Gasteiger partial charge in [-0.15, -0.1) is 0 Å². The van der Waals surface area contributed by atoms with Gasteiger partial charge in [0.15, 0.2) is 0 Å². The van der Waals surface area contributed by atoms with Gasteiger partial charge in [0.05, 0.1) is 12.8 Å². The summed E-state index contributed by atoms with van der Waals surface area (Å²) in [6, 6.07) is 3.30. The molecule has 0 saturated carbocycles. The number of unbranched alkanes of at least 4 members (excludes halogenated alkanes) is 1. The third-order valence-corrected chi connectivity index (χ3v) is 2.73. The van der Waals surface area contributed by atoms with E-state index in [0.717, 1.165) is 0 Å². The van der Waals surface area contributed by atoms with Crippen molar-refractivity contribution in [2.24, 2.45) is 0 Å². The molecule has 0 aliphatic heterocycles. The van der Waals surface area contributed by atoms with Crippen molar-refractivity contribution in [3.05, 3.63) is 24.2 Å². The van der Waals surface area contributed by atoms with Crippen molar-refractivity contribution in [2.75, 3.05) is 6.54 Å². The second-order valence-electron chi connectivity index (χ2n) is 4.63. The summed E-state index contributed by atoms with van der Waals surface area (Å²) in [6.07, 6.45) is 2.76. The lowest BCUT2D eigenvalue weighted by Crippen LogP contribution is -2.38. The van der Waals surface area contributed by atoms with Crippen LogP contribution in [0.5, 0.6) is 0 Å². The quantitative estimate of drug-likeness (QED) is 0.617. The standard InChI is InChI=1S/C13H19NO5/c1-13(18,10-5-4-8-19-10)9-14-11(15)6-2-3-7-12(16)17/h4-5,8,18H,2-3,6-7,9H2,1H3,(H,14,15)(H,16,17). The van der Waals surface area contributed by atoms with E-state index in [9.17, 15) is 14.7 Å². The van der Waals surface area contributed by atoms with E-state index >= 15 is 0 Å². The molecule has 1 rings (SSSR count). The van der Waals surface area contributed by atoms with Crippen LogP contribution in [0.1, 0.15) is 38.4 Å². The summed E-state index contributed by atoms with van der Waals surface area (Å²) in [7, 11) is 0. The van der Waals surface area contributed by atoms with Gasteiger partial charge in [0.1, 0.15) is 11.4 Å². The van der Waals surface area contributed by atoms with Crippen LogP contribution < -0.4 is 5.32 Å². The highest BCUT2D eigenvalue weighted by atomic mass is 16.4. The number of hydrogen-bond donors (Lipinski definition) is 3. The molecule has 1 aromatic rings. The molecular formula is C13H19NO5. The first-order valence-electron chi connectivity index (χ1n) is 6.16. The van der Waals surface area contributed by atoms with Crippen LogP contribution in [0, 0.1) is 0 Å². The Balaban J connectivity index is 2.24. The molecule has 0 saturated heterocycles. The zero-order chi connectivity index (χ0) is 14.3. The van der Waals surface area contributed by atoms with Gasteiger partial charge < -0.3 is 19.9 Å². The monoisotopic (exact) mass is 269 g/mol. The Bertz CT molecular complexity index is 411. The number of aliphatic carboxylic acids is 1. The van der Waals surface area contributed by atoms with E-state index in [2.05, 4.69) is 5.32 Å². The van der Waals surface area contributed by atoms with Gasteiger partial charge in [-0.05, 0) is 31.9 Å². The molecule has 1 heterocycles. The minimum absolute atomic E-state index is 0.0538. The van der Waals surface area contributed by atoms with Crippen molar-refractivity contribution in [1.29, 1.82) is 0 Å². The highest BCUT2D eigenvalue weighted by Gasteiger charge is 2.26. The average molecular weight is 269 g/mol. The maximum Gasteiger partial charge on any atom is 0.303 e. The molecule has 19 heavy (non-hydrogen) atoms. The normalized spacial score (nSPS) is 13.8. The van der Waals surface area contributed by atoms with E-state index < -0.39 is 11.6 Å². The Morgan fingerprint density at radius 3 is 2.63 bits per heavy atom. The minimum Gasteiger partial charge on any atom is -0.481 e.